The molecule has 1 aromatic carbocycles. The second kappa shape index (κ2) is 3.37. The Balaban J connectivity index is 2.37. The van der Waals surface area contributed by atoms with Gasteiger partial charge in [-0.25, -0.2) is 0 Å². The number of hydrogen-bond donors (Lipinski definition) is 2. The van der Waals surface area contributed by atoms with Crippen LogP contribution in [0.25, 0.3) is 5.70 Å². The van der Waals surface area contributed by atoms with E-state index in [-0.39, 0.29) is 0 Å². The highest BCUT2D eigenvalue weighted by molar-refractivity contribution is 5.70. The van der Waals surface area contributed by atoms with Gasteiger partial charge >= 0.3 is 0 Å². The first kappa shape index (κ1) is 9.13. The molecule has 0 radical (unpaired) electrons. The minimum absolute atomic E-state index is 0.824. The van der Waals surface area contributed by atoms with Gasteiger partial charge in [-0.3, -0.25) is 0 Å². The van der Waals surface area contributed by atoms with Crippen molar-refractivity contribution in [3.05, 3.63) is 34.9 Å². The molecular weight excluding hydrogens is 172 g/mol. The summed E-state index contributed by atoms with van der Waals surface area (Å²) in [7, 11) is 0. The van der Waals surface area contributed by atoms with Gasteiger partial charge < -0.3 is 11.5 Å². The summed E-state index contributed by atoms with van der Waals surface area (Å²) in [5.41, 5.74) is 17.2. The average Bonchev–Trinajstić information content (AvgIpc) is 2.06. The van der Waals surface area contributed by atoms with Crippen LogP contribution in [0.2, 0.25) is 0 Å². The molecule has 2 heteroatoms. The van der Waals surface area contributed by atoms with Crippen molar-refractivity contribution in [1.82, 2.24) is 0 Å². The normalized spacial score (nSPS) is 15.1. The summed E-state index contributed by atoms with van der Waals surface area (Å²) in [5, 5.41) is 0. The summed E-state index contributed by atoms with van der Waals surface area (Å²) in [6, 6.07) is 6.04. The molecule has 14 heavy (non-hydrogen) atoms. The molecule has 2 rings (SSSR count). The lowest BCUT2D eigenvalue weighted by Crippen LogP contribution is -2.08. The Hall–Kier alpha value is -1.44. The van der Waals surface area contributed by atoms with Gasteiger partial charge in [0.05, 0.1) is 0 Å². The van der Waals surface area contributed by atoms with E-state index in [2.05, 4.69) is 0 Å². The van der Waals surface area contributed by atoms with E-state index in [1.807, 2.05) is 25.1 Å². The quantitative estimate of drug-likeness (QED) is 0.665. The van der Waals surface area contributed by atoms with E-state index in [1.165, 1.54) is 12.0 Å². The first-order valence-electron chi connectivity index (χ1n) is 5.02. The molecule has 0 unspecified atom stereocenters. The maximum absolute atomic E-state index is 6.04. The molecule has 4 N–H and O–H groups in total. The van der Waals surface area contributed by atoms with Crippen LogP contribution in [0.3, 0.4) is 0 Å². The third-order valence-corrected chi connectivity index (χ3v) is 2.93. The van der Waals surface area contributed by atoms with Crippen LogP contribution in [0.5, 0.6) is 0 Å². The zero-order valence-electron chi connectivity index (χ0n) is 8.51. The predicted octanol–water partition coefficient (Wildman–Crippen LogP) is 2.43. The molecule has 0 amide bonds. The smallest absolute Gasteiger partial charge is 0.0380 e. The number of anilines is 1. The molecule has 2 nitrogen and oxygen atoms in total. The van der Waals surface area contributed by atoms with Crippen molar-refractivity contribution in [1.29, 1.82) is 0 Å². The molecule has 1 aromatic rings. The molecule has 0 bridgehead atoms. The van der Waals surface area contributed by atoms with Crippen molar-refractivity contribution >= 4 is 11.4 Å². The summed E-state index contributed by atoms with van der Waals surface area (Å²) in [5.74, 6) is 0. The Morgan fingerprint density at radius 2 is 2.00 bits per heavy atom. The largest absolute Gasteiger partial charge is 0.398 e. The first-order valence-corrected chi connectivity index (χ1v) is 5.02. The molecular formula is C12H16N2. The summed E-state index contributed by atoms with van der Waals surface area (Å²) in [6.45, 7) is 2.01. The topological polar surface area (TPSA) is 52.0 Å². The van der Waals surface area contributed by atoms with Crippen LogP contribution in [0.1, 0.15) is 30.4 Å². The van der Waals surface area contributed by atoms with Crippen molar-refractivity contribution in [3.8, 4) is 0 Å². The predicted molar refractivity (Wildman–Crippen MR) is 60.5 cm³/mol. The van der Waals surface area contributed by atoms with Gasteiger partial charge in [0.1, 0.15) is 0 Å². The summed E-state index contributed by atoms with van der Waals surface area (Å²) >= 11 is 0. The average molecular weight is 188 g/mol. The van der Waals surface area contributed by atoms with Crippen molar-refractivity contribution in [2.75, 3.05) is 5.73 Å². The van der Waals surface area contributed by atoms with Gasteiger partial charge in [0, 0.05) is 11.4 Å². The minimum atomic E-state index is 0.824. The van der Waals surface area contributed by atoms with E-state index < -0.39 is 0 Å². The number of nitrogens with two attached hydrogens (primary N) is 2. The van der Waals surface area contributed by atoms with Gasteiger partial charge in [-0.1, -0.05) is 12.1 Å². The first-order chi connectivity index (χ1) is 6.68. The number of allylic oxidation sites excluding steroid dienone is 1. The molecule has 0 aromatic heterocycles. The third kappa shape index (κ3) is 1.48. The van der Waals surface area contributed by atoms with E-state index in [1.54, 1.807) is 0 Å². The zero-order chi connectivity index (χ0) is 10.1. The fourth-order valence-corrected chi connectivity index (χ4v) is 1.64. The van der Waals surface area contributed by atoms with E-state index >= 15 is 0 Å². The molecule has 1 aliphatic carbocycles. The van der Waals surface area contributed by atoms with E-state index in [4.69, 9.17) is 11.5 Å². The Kier molecular flexibility index (Phi) is 2.20. The molecule has 0 heterocycles. The van der Waals surface area contributed by atoms with Crippen LogP contribution >= 0.6 is 0 Å². The van der Waals surface area contributed by atoms with Gasteiger partial charge in [-0.2, -0.15) is 0 Å². The van der Waals surface area contributed by atoms with Gasteiger partial charge in [0.25, 0.3) is 0 Å². The highest BCUT2D eigenvalue weighted by Crippen LogP contribution is 2.31. The molecule has 1 saturated carbocycles. The maximum atomic E-state index is 6.04. The SMILES string of the molecule is Cc1ccc(C(N)=C2CCC2)cc1N. The molecule has 0 saturated heterocycles. The van der Waals surface area contributed by atoms with Crippen LogP contribution in [-0.4, -0.2) is 0 Å². The molecule has 1 fully saturated rings. The van der Waals surface area contributed by atoms with Gasteiger partial charge in [0.2, 0.25) is 0 Å². The molecule has 1 aliphatic rings. The lowest BCUT2D eigenvalue weighted by molar-refractivity contribution is 0.664. The number of aryl methyl sites for hydroxylation is 1. The summed E-state index contributed by atoms with van der Waals surface area (Å²) in [4.78, 5) is 0. The number of hydrogen-bond acceptors (Lipinski definition) is 2. The molecule has 74 valence electrons. The summed E-state index contributed by atoms with van der Waals surface area (Å²) < 4.78 is 0. The van der Waals surface area contributed by atoms with Crippen LogP contribution < -0.4 is 11.5 Å². The zero-order valence-corrected chi connectivity index (χ0v) is 8.51. The van der Waals surface area contributed by atoms with Crippen molar-refractivity contribution in [2.45, 2.75) is 26.2 Å². The maximum Gasteiger partial charge on any atom is 0.0380 e. The fourth-order valence-electron chi connectivity index (χ4n) is 1.64. The van der Waals surface area contributed by atoms with Crippen molar-refractivity contribution in [2.24, 2.45) is 5.73 Å². The van der Waals surface area contributed by atoms with Crippen molar-refractivity contribution < 1.29 is 0 Å². The number of nitrogen functional groups attached to an aromatic ring is 1. The standard InChI is InChI=1S/C12H16N2/c1-8-5-6-10(7-11(8)13)12(14)9-3-2-4-9/h5-7H,2-4,13-14H2,1H3. The van der Waals surface area contributed by atoms with Crippen LogP contribution in [0, 0.1) is 6.92 Å². The Morgan fingerprint density at radius 1 is 1.29 bits per heavy atom. The summed E-state index contributed by atoms with van der Waals surface area (Å²) in [6.07, 6.45) is 3.58. The fraction of sp³-hybridized carbons (Fsp3) is 0.333. The van der Waals surface area contributed by atoms with Crippen LogP contribution in [0.4, 0.5) is 5.69 Å². The second-order valence-corrected chi connectivity index (χ2v) is 3.94. The van der Waals surface area contributed by atoms with Gasteiger partial charge in [-0.05, 0) is 49.0 Å². The lowest BCUT2D eigenvalue weighted by atomic mass is 9.88. The highest BCUT2D eigenvalue weighted by Gasteiger charge is 2.13. The Bertz CT molecular complexity index is 385. The van der Waals surface area contributed by atoms with E-state index in [9.17, 15) is 0 Å². The second-order valence-electron chi connectivity index (χ2n) is 3.94. The van der Waals surface area contributed by atoms with Gasteiger partial charge in [0.15, 0.2) is 0 Å². The Labute approximate surface area is 84.6 Å². The number of rotatable bonds is 1. The molecule has 0 spiro atoms. The molecule has 0 aliphatic heterocycles. The van der Waals surface area contributed by atoms with Crippen molar-refractivity contribution in [3.63, 3.8) is 0 Å². The number of benzene rings is 1. The highest BCUT2D eigenvalue weighted by atomic mass is 14.6. The minimum Gasteiger partial charge on any atom is -0.398 e. The van der Waals surface area contributed by atoms with Gasteiger partial charge in [-0.15, -0.1) is 0 Å². The van der Waals surface area contributed by atoms with E-state index in [0.29, 0.717) is 0 Å². The molecule has 0 atom stereocenters. The third-order valence-electron chi connectivity index (χ3n) is 2.93. The van der Waals surface area contributed by atoms with Crippen LogP contribution in [0.15, 0.2) is 23.8 Å². The Morgan fingerprint density at radius 3 is 2.50 bits per heavy atom. The lowest BCUT2D eigenvalue weighted by Gasteiger charge is -2.20. The van der Waals surface area contributed by atoms with E-state index in [0.717, 1.165) is 35.4 Å². The monoisotopic (exact) mass is 188 g/mol. The van der Waals surface area contributed by atoms with Crippen LogP contribution in [-0.2, 0) is 0 Å².